The SMILES string of the molecule is CN1CCN(n2c(=O)[nH]c3cc(Cl)ccc3c2=O)CC1. The Balaban J connectivity index is 2.14. The van der Waals surface area contributed by atoms with E-state index in [9.17, 15) is 9.59 Å². The van der Waals surface area contributed by atoms with Crippen molar-refractivity contribution in [2.75, 3.05) is 38.2 Å². The molecule has 0 radical (unpaired) electrons. The van der Waals surface area contributed by atoms with Gasteiger partial charge in [0.15, 0.2) is 0 Å². The molecule has 2 heterocycles. The number of piperazine rings is 1. The van der Waals surface area contributed by atoms with Crippen LogP contribution in [0.15, 0.2) is 27.8 Å². The van der Waals surface area contributed by atoms with E-state index >= 15 is 0 Å². The Morgan fingerprint density at radius 3 is 2.55 bits per heavy atom. The summed E-state index contributed by atoms with van der Waals surface area (Å²) in [6.45, 7) is 2.95. The van der Waals surface area contributed by atoms with Crippen molar-refractivity contribution in [1.82, 2.24) is 14.6 Å². The average molecular weight is 295 g/mol. The molecule has 20 heavy (non-hydrogen) atoms. The summed E-state index contributed by atoms with van der Waals surface area (Å²) in [7, 11) is 2.02. The fraction of sp³-hybridized carbons (Fsp3) is 0.385. The van der Waals surface area contributed by atoms with Crippen LogP contribution in [0.2, 0.25) is 5.02 Å². The summed E-state index contributed by atoms with van der Waals surface area (Å²) in [6, 6.07) is 4.88. The molecule has 1 saturated heterocycles. The molecule has 6 nitrogen and oxygen atoms in total. The number of benzene rings is 1. The fourth-order valence-electron chi connectivity index (χ4n) is 2.43. The van der Waals surface area contributed by atoms with E-state index in [4.69, 9.17) is 11.6 Å². The highest BCUT2D eigenvalue weighted by Gasteiger charge is 2.18. The third kappa shape index (κ3) is 2.21. The number of rotatable bonds is 1. The van der Waals surface area contributed by atoms with Gasteiger partial charge in [-0.1, -0.05) is 11.6 Å². The molecule has 1 fully saturated rings. The van der Waals surface area contributed by atoms with E-state index in [0.717, 1.165) is 13.1 Å². The second kappa shape index (κ2) is 4.96. The minimum absolute atomic E-state index is 0.301. The molecule has 1 aromatic heterocycles. The molecule has 0 spiro atoms. The number of aromatic amines is 1. The van der Waals surface area contributed by atoms with Gasteiger partial charge in [-0.3, -0.25) is 4.79 Å². The molecule has 0 unspecified atom stereocenters. The van der Waals surface area contributed by atoms with Gasteiger partial charge in [0.1, 0.15) is 0 Å². The van der Waals surface area contributed by atoms with Crippen LogP contribution in [-0.4, -0.2) is 47.8 Å². The van der Waals surface area contributed by atoms with E-state index in [1.165, 1.54) is 4.68 Å². The van der Waals surface area contributed by atoms with Gasteiger partial charge in [0.2, 0.25) is 0 Å². The quantitative estimate of drug-likeness (QED) is 0.818. The van der Waals surface area contributed by atoms with Crippen LogP contribution in [0.5, 0.6) is 0 Å². The Bertz CT molecular complexity index is 759. The maximum Gasteiger partial charge on any atom is 0.347 e. The van der Waals surface area contributed by atoms with Gasteiger partial charge >= 0.3 is 5.69 Å². The number of halogens is 1. The first-order chi connectivity index (χ1) is 9.56. The molecule has 0 bridgehead atoms. The van der Waals surface area contributed by atoms with Gasteiger partial charge in [0, 0.05) is 31.2 Å². The van der Waals surface area contributed by atoms with Crippen molar-refractivity contribution in [2.45, 2.75) is 0 Å². The first kappa shape index (κ1) is 13.2. The second-order valence-electron chi connectivity index (χ2n) is 4.99. The first-order valence-electron chi connectivity index (χ1n) is 6.44. The summed E-state index contributed by atoms with van der Waals surface area (Å²) >= 11 is 5.88. The summed E-state index contributed by atoms with van der Waals surface area (Å²) in [6.07, 6.45) is 0. The molecule has 0 aliphatic carbocycles. The van der Waals surface area contributed by atoms with Gasteiger partial charge in [0.25, 0.3) is 5.56 Å². The monoisotopic (exact) mass is 294 g/mol. The van der Waals surface area contributed by atoms with Crippen LogP contribution in [0.4, 0.5) is 0 Å². The number of likely N-dealkylation sites (N-methyl/N-ethyl adjacent to an activating group) is 1. The molecular formula is C13H15ClN4O2. The zero-order chi connectivity index (χ0) is 14.3. The average Bonchev–Trinajstić information content (AvgIpc) is 2.40. The molecular weight excluding hydrogens is 280 g/mol. The number of aromatic nitrogens is 2. The lowest BCUT2D eigenvalue weighted by molar-refractivity contribution is 0.283. The molecule has 2 aromatic rings. The lowest BCUT2D eigenvalue weighted by Crippen LogP contribution is -2.57. The number of nitrogens with one attached hydrogen (secondary N) is 1. The molecule has 7 heteroatoms. The second-order valence-corrected chi connectivity index (χ2v) is 5.43. The number of H-pyrrole nitrogens is 1. The molecule has 1 aliphatic heterocycles. The molecule has 106 valence electrons. The predicted molar refractivity (Wildman–Crippen MR) is 79.3 cm³/mol. The van der Waals surface area contributed by atoms with Crippen molar-refractivity contribution in [1.29, 1.82) is 0 Å². The van der Waals surface area contributed by atoms with E-state index in [1.807, 2.05) is 7.05 Å². The highest BCUT2D eigenvalue weighted by Crippen LogP contribution is 2.13. The molecule has 0 saturated carbocycles. The van der Waals surface area contributed by atoms with Crippen molar-refractivity contribution in [3.05, 3.63) is 44.1 Å². The third-order valence-corrected chi connectivity index (χ3v) is 3.84. The highest BCUT2D eigenvalue weighted by molar-refractivity contribution is 6.31. The summed E-state index contributed by atoms with van der Waals surface area (Å²) in [5.41, 5.74) is -0.253. The van der Waals surface area contributed by atoms with Gasteiger partial charge in [-0.25, -0.2) is 4.79 Å². The lowest BCUT2D eigenvalue weighted by atomic mass is 10.2. The summed E-state index contributed by atoms with van der Waals surface area (Å²) in [5.74, 6) is 0. The normalized spacial score (nSPS) is 16.8. The van der Waals surface area contributed by atoms with E-state index in [1.54, 1.807) is 23.2 Å². The molecule has 1 N–H and O–H groups in total. The van der Waals surface area contributed by atoms with E-state index < -0.39 is 5.69 Å². The van der Waals surface area contributed by atoms with Crippen LogP contribution >= 0.6 is 11.6 Å². The Kier molecular flexibility index (Phi) is 3.27. The Morgan fingerprint density at radius 1 is 1.15 bits per heavy atom. The third-order valence-electron chi connectivity index (χ3n) is 3.60. The zero-order valence-corrected chi connectivity index (χ0v) is 11.9. The topological polar surface area (TPSA) is 61.3 Å². The summed E-state index contributed by atoms with van der Waals surface area (Å²) in [5, 5.41) is 2.74. The lowest BCUT2D eigenvalue weighted by Gasteiger charge is -2.33. The van der Waals surface area contributed by atoms with Gasteiger partial charge in [0.05, 0.1) is 10.9 Å². The van der Waals surface area contributed by atoms with E-state index in [0.29, 0.717) is 29.0 Å². The smallest absolute Gasteiger partial charge is 0.305 e. The maximum absolute atomic E-state index is 12.5. The van der Waals surface area contributed by atoms with Crippen LogP contribution in [0.3, 0.4) is 0 Å². The first-order valence-corrected chi connectivity index (χ1v) is 6.82. The van der Waals surface area contributed by atoms with E-state index in [-0.39, 0.29) is 5.56 Å². The van der Waals surface area contributed by atoms with Crippen LogP contribution < -0.4 is 16.3 Å². The van der Waals surface area contributed by atoms with Gasteiger partial charge in [-0.05, 0) is 25.2 Å². The van der Waals surface area contributed by atoms with Crippen molar-refractivity contribution in [3.8, 4) is 0 Å². The molecule has 1 aromatic carbocycles. The largest absolute Gasteiger partial charge is 0.347 e. The van der Waals surface area contributed by atoms with Gasteiger partial charge in [-0.2, -0.15) is 4.68 Å². The Labute approximate surface area is 120 Å². The number of nitrogens with zero attached hydrogens (tertiary/aromatic N) is 3. The van der Waals surface area contributed by atoms with Crippen molar-refractivity contribution < 1.29 is 0 Å². The molecule has 1 aliphatic rings. The number of hydrogen-bond donors (Lipinski definition) is 1. The van der Waals surface area contributed by atoms with Gasteiger partial charge in [-0.15, -0.1) is 0 Å². The van der Waals surface area contributed by atoms with Crippen LogP contribution in [0.25, 0.3) is 10.9 Å². The molecule has 3 rings (SSSR count). The minimum Gasteiger partial charge on any atom is -0.305 e. The van der Waals surface area contributed by atoms with Gasteiger partial charge < -0.3 is 14.9 Å². The standard InChI is InChI=1S/C13H15ClN4O2/c1-16-4-6-17(7-5-16)18-12(19)10-3-2-9(14)8-11(10)15-13(18)20/h2-3,8H,4-7H2,1H3,(H,15,20). The summed E-state index contributed by atoms with van der Waals surface area (Å²) < 4.78 is 1.20. The van der Waals surface area contributed by atoms with Crippen molar-refractivity contribution >= 4 is 22.5 Å². The van der Waals surface area contributed by atoms with Crippen LogP contribution in [0, 0.1) is 0 Å². The fourth-order valence-corrected chi connectivity index (χ4v) is 2.61. The number of fused-ring (bicyclic) bond motifs is 1. The summed E-state index contributed by atoms with van der Waals surface area (Å²) in [4.78, 5) is 29.5. The Morgan fingerprint density at radius 2 is 1.85 bits per heavy atom. The highest BCUT2D eigenvalue weighted by atomic mass is 35.5. The Hall–Kier alpha value is -1.79. The zero-order valence-electron chi connectivity index (χ0n) is 11.1. The molecule has 0 amide bonds. The number of hydrogen-bond acceptors (Lipinski definition) is 4. The van der Waals surface area contributed by atoms with Crippen LogP contribution in [0.1, 0.15) is 0 Å². The minimum atomic E-state index is -0.422. The molecule has 0 atom stereocenters. The van der Waals surface area contributed by atoms with E-state index in [2.05, 4.69) is 9.88 Å². The van der Waals surface area contributed by atoms with Crippen LogP contribution in [-0.2, 0) is 0 Å². The van der Waals surface area contributed by atoms with Crippen molar-refractivity contribution in [2.24, 2.45) is 0 Å². The predicted octanol–water partition coefficient (Wildman–Crippen LogP) is 0.227. The maximum atomic E-state index is 12.5. The van der Waals surface area contributed by atoms with Crippen molar-refractivity contribution in [3.63, 3.8) is 0 Å².